The summed E-state index contributed by atoms with van der Waals surface area (Å²) in [4.78, 5) is 33.6. The van der Waals surface area contributed by atoms with Gasteiger partial charge in [0.15, 0.2) is 0 Å². The zero-order valence-corrected chi connectivity index (χ0v) is 13.5. The maximum Gasteiger partial charge on any atom is 0.293 e. The summed E-state index contributed by atoms with van der Waals surface area (Å²) < 4.78 is 1.92. The Kier molecular flexibility index (Phi) is 3.81. The Morgan fingerprint density at radius 2 is 2.19 bits per heavy atom. The van der Waals surface area contributed by atoms with Crippen molar-refractivity contribution in [2.75, 3.05) is 11.9 Å². The number of nitro groups is 1. The fourth-order valence-corrected chi connectivity index (χ4v) is 2.83. The Balaban J connectivity index is 1.58. The van der Waals surface area contributed by atoms with E-state index < -0.39 is 10.5 Å². The highest BCUT2D eigenvalue weighted by Crippen LogP contribution is 2.27. The highest BCUT2D eigenvalue weighted by Gasteiger charge is 2.17. The van der Waals surface area contributed by atoms with E-state index in [2.05, 4.69) is 20.3 Å². The molecule has 9 heteroatoms. The summed E-state index contributed by atoms with van der Waals surface area (Å²) in [7, 11) is 0. The predicted molar refractivity (Wildman–Crippen MR) is 96.4 cm³/mol. The molecule has 4 rings (SSSR count). The monoisotopic (exact) mass is 350 g/mol. The maximum absolute atomic E-state index is 11.8. The maximum atomic E-state index is 11.8. The zero-order chi connectivity index (χ0) is 18.1. The van der Waals surface area contributed by atoms with Crippen LogP contribution < -0.4 is 10.9 Å². The van der Waals surface area contributed by atoms with Crippen LogP contribution in [0.4, 0.5) is 11.4 Å². The molecule has 0 aliphatic carbocycles. The van der Waals surface area contributed by atoms with Gasteiger partial charge in [-0.25, -0.2) is 9.97 Å². The number of anilines is 1. The van der Waals surface area contributed by atoms with Crippen molar-refractivity contribution in [3.63, 3.8) is 0 Å². The van der Waals surface area contributed by atoms with E-state index in [-0.39, 0.29) is 11.1 Å². The average Bonchev–Trinajstić information content (AvgIpc) is 3.04. The first-order valence-electron chi connectivity index (χ1n) is 7.94. The molecule has 1 aromatic carbocycles. The predicted octanol–water partition coefficient (Wildman–Crippen LogP) is 2.13. The SMILES string of the molecule is O=c1[nH]cnc2cc(NCCc3cn4ccccc4n3)c([N+](=O)[O-])cc12. The van der Waals surface area contributed by atoms with Gasteiger partial charge < -0.3 is 14.7 Å². The number of rotatable bonds is 5. The molecule has 26 heavy (non-hydrogen) atoms. The number of aromatic nitrogens is 4. The molecule has 0 aliphatic heterocycles. The molecule has 0 unspecified atom stereocenters. The van der Waals surface area contributed by atoms with Gasteiger partial charge in [-0.3, -0.25) is 14.9 Å². The summed E-state index contributed by atoms with van der Waals surface area (Å²) >= 11 is 0. The largest absolute Gasteiger partial charge is 0.379 e. The van der Waals surface area contributed by atoms with Crippen LogP contribution >= 0.6 is 0 Å². The molecule has 0 amide bonds. The molecule has 4 aromatic rings. The second-order valence-corrected chi connectivity index (χ2v) is 5.75. The molecule has 3 heterocycles. The minimum Gasteiger partial charge on any atom is -0.379 e. The standard InChI is InChI=1S/C17H14N6O3/c24-17-12-7-15(23(25)26)14(8-13(12)19-10-20-17)18-5-4-11-9-22-6-2-1-3-16(22)21-11/h1-3,6-10,18H,4-5H2,(H,19,20,24). The van der Waals surface area contributed by atoms with E-state index in [4.69, 9.17) is 0 Å². The number of nitrogens with one attached hydrogen (secondary N) is 2. The molecule has 130 valence electrons. The van der Waals surface area contributed by atoms with E-state index in [1.165, 1.54) is 18.5 Å². The van der Waals surface area contributed by atoms with Crippen molar-refractivity contribution in [1.82, 2.24) is 19.4 Å². The van der Waals surface area contributed by atoms with Gasteiger partial charge in [0.05, 0.1) is 27.8 Å². The van der Waals surface area contributed by atoms with Crippen molar-refractivity contribution in [1.29, 1.82) is 0 Å². The first-order valence-corrected chi connectivity index (χ1v) is 7.94. The topological polar surface area (TPSA) is 118 Å². The fourth-order valence-electron chi connectivity index (χ4n) is 2.83. The van der Waals surface area contributed by atoms with Crippen molar-refractivity contribution in [3.05, 3.63) is 75.2 Å². The number of benzene rings is 1. The molecular formula is C17H14N6O3. The molecule has 0 radical (unpaired) electrons. The first-order chi connectivity index (χ1) is 12.6. The molecule has 9 nitrogen and oxygen atoms in total. The zero-order valence-electron chi connectivity index (χ0n) is 13.5. The minimum absolute atomic E-state index is 0.161. The van der Waals surface area contributed by atoms with Crippen LogP contribution in [0, 0.1) is 10.1 Å². The number of aromatic amines is 1. The summed E-state index contributed by atoms with van der Waals surface area (Å²) in [5, 5.41) is 14.6. The summed E-state index contributed by atoms with van der Waals surface area (Å²) in [5.41, 5.74) is 1.88. The van der Waals surface area contributed by atoms with Gasteiger partial charge in [-0.15, -0.1) is 0 Å². The van der Waals surface area contributed by atoms with Gasteiger partial charge in [0.2, 0.25) is 0 Å². The molecule has 0 saturated heterocycles. The van der Waals surface area contributed by atoms with Gasteiger partial charge >= 0.3 is 0 Å². The number of nitrogens with zero attached hydrogens (tertiary/aromatic N) is 4. The second-order valence-electron chi connectivity index (χ2n) is 5.75. The molecule has 3 aromatic heterocycles. The highest BCUT2D eigenvalue weighted by atomic mass is 16.6. The van der Waals surface area contributed by atoms with Gasteiger partial charge in [0, 0.05) is 31.4 Å². The minimum atomic E-state index is -0.515. The quantitative estimate of drug-likeness (QED) is 0.420. The Labute approximate surface area is 146 Å². The summed E-state index contributed by atoms with van der Waals surface area (Å²) in [6.45, 7) is 0.458. The highest BCUT2D eigenvalue weighted by molar-refractivity contribution is 5.86. The number of hydrogen-bond acceptors (Lipinski definition) is 6. The number of nitro benzene ring substituents is 1. The van der Waals surface area contributed by atoms with E-state index in [9.17, 15) is 14.9 Å². The van der Waals surface area contributed by atoms with Crippen LogP contribution in [-0.2, 0) is 6.42 Å². The molecule has 0 saturated carbocycles. The molecule has 0 aliphatic rings. The molecule has 0 fully saturated rings. The Morgan fingerprint density at radius 1 is 1.31 bits per heavy atom. The lowest BCUT2D eigenvalue weighted by Gasteiger charge is -2.07. The van der Waals surface area contributed by atoms with Crippen LogP contribution in [-0.4, -0.2) is 30.8 Å². The van der Waals surface area contributed by atoms with Gasteiger partial charge in [0.25, 0.3) is 11.2 Å². The molecule has 0 bridgehead atoms. The van der Waals surface area contributed by atoms with E-state index in [0.29, 0.717) is 24.2 Å². The molecule has 0 spiro atoms. The third kappa shape index (κ3) is 2.86. The van der Waals surface area contributed by atoms with Gasteiger partial charge in [0.1, 0.15) is 11.3 Å². The summed E-state index contributed by atoms with van der Waals surface area (Å²) in [5.74, 6) is 0. The van der Waals surface area contributed by atoms with Crippen LogP contribution in [0.2, 0.25) is 0 Å². The van der Waals surface area contributed by atoms with Crippen LogP contribution in [0.15, 0.2) is 53.8 Å². The number of fused-ring (bicyclic) bond motifs is 2. The van der Waals surface area contributed by atoms with Crippen molar-refractivity contribution in [2.45, 2.75) is 6.42 Å². The molecular weight excluding hydrogens is 336 g/mol. The smallest absolute Gasteiger partial charge is 0.293 e. The summed E-state index contributed by atoms with van der Waals surface area (Å²) in [6.07, 6.45) is 5.71. The van der Waals surface area contributed by atoms with Crippen LogP contribution in [0.25, 0.3) is 16.6 Å². The van der Waals surface area contributed by atoms with Crippen LogP contribution in [0.5, 0.6) is 0 Å². The number of hydrogen-bond donors (Lipinski definition) is 2. The lowest BCUT2D eigenvalue weighted by Crippen LogP contribution is -2.10. The summed E-state index contributed by atoms with van der Waals surface area (Å²) in [6, 6.07) is 8.51. The van der Waals surface area contributed by atoms with Gasteiger partial charge in [-0.1, -0.05) is 6.07 Å². The third-order valence-corrected chi connectivity index (χ3v) is 4.07. The van der Waals surface area contributed by atoms with Gasteiger partial charge in [-0.05, 0) is 18.2 Å². The lowest BCUT2D eigenvalue weighted by atomic mass is 10.2. The van der Waals surface area contributed by atoms with Crippen molar-refractivity contribution in [2.24, 2.45) is 0 Å². The van der Waals surface area contributed by atoms with Crippen molar-refractivity contribution < 1.29 is 4.92 Å². The second kappa shape index (κ2) is 6.28. The lowest BCUT2D eigenvalue weighted by molar-refractivity contribution is -0.383. The van der Waals surface area contributed by atoms with Crippen LogP contribution in [0.3, 0.4) is 0 Å². The van der Waals surface area contributed by atoms with Crippen molar-refractivity contribution >= 4 is 27.9 Å². The Bertz CT molecular complexity index is 1150. The van der Waals surface area contributed by atoms with Crippen molar-refractivity contribution in [3.8, 4) is 0 Å². The Morgan fingerprint density at radius 3 is 3.00 bits per heavy atom. The third-order valence-electron chi connectivity index (χ3n) is 4.07. The van der Waals surface area contributed by atoms with E-state index in [1.807, 2.05) is 35.0 Å². The van der Waals surface area contributed by atoms with Gasteiger partial charge in [-0.2, -0.15) is 0 Å². The number of H-pyrrole nitrogens is 1. The van der Waals surface area contributed by atoms with E-state index in [0.717, 1.165) is 11.3 Å². The molecule has 2 N–H and O–H groups in total. The van der Waals surface area contributed by atoms with Crippen LogP contribution in [0.1, 0.15) is 5.69 Å². The number of imidazole rings is 1. The average molecular weight is 350 g/mol. The van der Waals surface area contributed by atoms with E-state index >= 15 is 0 Å². The normalized spacial score (nSPS) is 11.1. The van der Waals surface area contributed by atoms with E-state index in [1.54, 1.807) is 0 Å². The Hall–Kier alpha value is -3.75. The first kappa shape index (κ1) is 15.8. The molecule has 0 atom stereocenters. The fraction of sp³-hybridized carbons (Fsp3) is 0.118. The number of pyridine rings is 1.